The molecule has 2 aliphatic rings. The van der Waals surface area contributed by atoms with Gasteiger partial charge in [-0.1, -0.05) is 34.1 Å². The van der Waals surface area contributed by atoms with E-state index in [4.69, 9.17) is 0 Å². The van der Waals surface area contributed by atoms with Gasteiger partial charge in [-0.2, -0.15) is 0 Å². The Labute approximate surface area is 116 Å². The number of nitrogens with one attached hydrogen (secondary N) is 1. The van der Waals surface area contributed by atoms with Gasteiger partial charge >= 0.3 is 0 Å². The zero-order valence-corrected chi connectivity index (χ0v) is 11.9. The molecule has 2 saturated carbocycles. The molecule has 2 aliphatic carbocycles. The summed E-state index contributed by atoms with van der Waals surface area (Å²) in [6, 6.07) is 8.06. The second-order valence-electron chi connectivity index (χ2n) is 5.51. The summed E-state index contributed by atoms with van der Waals surface area (Å²) in [6.07, 6.45) is 5.01. The van der Waals surface area contributed by atoms with E-state index in [9.17, 15) is 4.79 Å². The number of carbonyl (C=O) groups is 1. The van der Waals surface area contributed by atoms with Crippen LogP contribution in [0.25, 0.3) is 0 Å². The van der Waals surface area contributed by atoms with Crippen LogP contribution in [0.1, 0.15) is 31.2 Å². The first kappa shape index (κ1) is 12.2. The molecule has 1 N–H and O–H groups in total. The molecule has 2 fully saturated rings. The van der Waals surface area contributed by atoms with E-state index in [1.165, 1.54) is 25.7 Å². The largest absolute Gasteiger partial charge is 0.352 e. The van der Waals surface area contributed by atoms with Crippen LogP contribution in [0.5, 0.6) is 0 Å². The molecule has 3 rings (SSSR count). The molecule has 0 aliphatic heterocycles. The topological polar surface area (TPSA) is 29.1 Å². The summed E-state index contributed by atoms with van der Waals surface area (Å²) >= 11 is 3.51. The minimum Gasteiger partial charge on any atom is -0.352 e. The summed E-state index contributed by atoms with van der Waals surface area (Å²) in [7, 11) is 0. The van der Waals surface area contributed by atoms with Gasteiger partial charge in [0.25, 0.3) is 0 Å². The van der Waals surface area contributed by atoms with E-state index in [1.807, 2.05) is 24.3 Å². The minimum atomic E-state index is 0.274. The molecule has 0 unspecified atom stereocenters. The van der Waals surface area contributed by atoms with Gasteiger partial charge in [-0.3, -0.25) is 4.79 Å². The van der Waals surface area contributed by atoms with Crippen LogP contribution in [-0.2, 0) is 11.3 Å². The SMILES string of the molecule is O=C(NCc1ccccc1Br)C(C1CC1)C1CC1. The van der Waals surface area contributed by atoms with Crippen molar-refractivity contribution in [1.82, 2.24) is 5.32 Å². The Morgan fingerprint density at radius 3 is 2.39 bits per heavy atom. The van der Waals surface area contributed by atoms with Crippen LogP contribution in [-0.4, -0.2) is 5.91 Å². The van der Waals surface area contributed by atoms with Gasteiger partial charge in [-0.15, -0.1) is 0 Å². The minimum absolute atomic E-state index is 0.274. The van der Waals surface area contributed by atoms with Crippen LogP contribution in [0.15, 0.2) is 28.7 Å². The first-order valence-corrected chi connectivity index (χ1v) is 7.56. The third-order valence-electron chi connectivity index (χ3n) is 3.97. The van der Waals surface area contributed by atoms with Gasteiger partial charge in [-0.25, -0.2) is 0 Å². The second-order valence-corrected chi connectivity index (χ2v) is 6.36. The van der Waals surface area contributed by atoms with Crippen molar-refractivity contribution in [3.8, 4) is 0 Å². The van der Waals surface area contributed by atoms with Crippen LogP contribution in [0, 0.1) is 17.8 Å². The van der Waals surface area contributed by atoms with Gasteiger partial charge in [-0.05, 0) is 49.1 Å². The molecule has 2 nitrogen and oxygen atoms in total. The van der Waals surface area contributed by atoms with Crippen LogP contribution >= 0.6 is 15.9 Å². The predicted octanol–water partition coefficient (Wildman–Crippen LogP) is 3.50. The number of rotatable bonds is 5. The smallest absolute Gasteiger partial charge is 0.223 e. The molecule has 0 atom stereocenters. The van der Waals surface area contributed by atoms with Crippen LogP contribution in [0.3, 0.4) is 0 Å². The lowest BCUT2D eigenvalue weighted by Gasteiger charge is -2.15. The quantitative estimate of drug-likeness (QED) is 0.886. The molecular weight excluding hydrogens is 290 g/mol. The van der Waals surface area contributed by atoms with Crippen molar-refractivity contribution in [2.24, 2.45) is 17.8 Å². The summed E-state index contributed by atoms with van der Waals surface area (Å²) in [5.74, 6) is 1.93. The number of hydrogen-bond acceptors (Lipinski definition) is 1. The van der Waals surface area contributed by atoms with Crippen LogP contribution < -0.4 is 5.32 Å². The maximum atomic E-state index is 12.3. The van der Waals surface area contributed by atoms with Crippen molar-refractivity contribution < 1.29 is 4.79 Å². The molecule has 0 bridgehead atoms. The summed E-state index contributed by atoms with van der Waals surface area (Å²) in [5, 5.41) is 3.11. The van der Waals surface area contributed by atoms with E-state index in [1.54, 1.807) is 0 Å². The molecule has 1 aromatic carbocycles. The molecule has 1 aromatic rings. The molecular formula is C15H18BrNO. The highest BCUT2D eigenvalue weighted by molar-refractivity contribution is 9.10. The monoisotopic (exact) mass is 307 g/mol. The van der Waals surface area contributed by atoms with Crippen molar-refractivity contribution in [2.75, 3.05) is 0 Å². The van der Waals surface area contributed by atoms with Gasteiger partial charge in [0.15, 0.2) is 0 Å². The zero-order chi connectivity index (χ0) is 12.5. The van der Waals surface area contributed by atoms with E-state index in [0.29, 0.717) is 24.3 Å². The lowest BCUT2D eigenvalue weighted by Crippen LogP contribution is -2.32. The average Bonchev–Trinajstić information content (AvgIpc) is 3.22. The highest BCUT2D eigenvalue weighted by atomic mass is 79.9. The molecule has 0 saturated heterocycles. The first-order chi connectivity index (χ1) is 8.75. The number of benzene rings is 1. The fourth-order valence-electron chi connectivity index (χ4n) is 2.67. The number of hydrogen-bond donors (Lipinski definition) is 1. The maximum absolute atomic E-state index is 12.3. The number of carbonyl (C=O) groups excluding carboxylic acids is 1. The Balaban J connectivity index is 1.59. The van der Waals surface area contributed by atoms with Gasteiger partial charge in [0.2, 0.25) is 5.91 Å². The molecule has 0 spiro atoms. The lowest BCUT2D eigenvalue weighted by molar-refractivity contribution is -0.126. The highest BCUT2D eigenvalue weighted by Crippen LogP contribution is 2.49. The van der Waals surface area contributed by atoms with E-state index < -0.39 is 0 Å². The normalized spacial score (nSPS) is 19.0. The lowest BCUT2D eigenvalue weighted by atomic mass is 9.97. The second kappa shape index (κ2) is 5.04. The van der Waals surface area contributed by atoms with Crippen molar-refractivity contribution >= 4 is 21.8 Å². The molecule has 3 heteroatoms. The third-order valence-corrected chi connectivity index (χ3v) is 4.75. The van der Waals surface area contributed by atoms with E-state index >= 15 is 0 Å². The molecule has 18 heavy (non-hydrogen) atoms. The summed E-state index contributed by atoms with van der Waals surface area (Å²) in [4.78, 5) is 12.3. The summed E-state index contributed by atoms with van der Waals surface area (Å²) in [6.45, 7) is 0.635. The van der Waals surface area contributed by atoms with Crippen LogP contribution in [0.2, 0.25) is 0 Å². The molecule has 0 radical (unpaired) electrons. The fraction of sp³-hybridized carbons (Fsp3) is 0.533. The van der Waals surface area contributed by atoms with E-state index in [2.05, 4.69) is 21.2 Å². The number of amides is 1. The number of halogens is 1. The molecule has 0 heterocycles. The predicted molar refractivity (Wildman–Crippen MR) is 74.9 cm³/mol. The Morgan fingerprint density at radius 2 is 1.83 bits per heavy atom. The maximum Gasteiger partial charge on any atom is 0.223 e. The summed E-state index contributed by atoms with van der Waals surface area (Å²) in [5.41, 5.74) is 1.15. The first-order valence-electron chi connectivity index (χ1n) is 6.77. The molecule has 1 amide bonds. The van der Waals surface area contributed by atoms with Crippen molar-refractivity contribution in [1.29, 1.82) is 0 Å². The Hall–Kier alpha value is -0.830. The standard InChI is InChI=1S/C15H18BrNO/c16-13-4-2-1-3-12(13)9-17-15(18)14(10-5-6-10)11-7-8-11/h1-4,10-11,14H,5-9H2,(H,17,18). The zero-order valence-electron chi connectivity index (χ0n) is 10.4. The van der Waals surface area contributed by atoms with Gasteiger partial charge in [0.05, 0.1) is 0 Å². The van der Waals surface area contributed by atoms with Gasteiger partial charge in [0.1, 0.15) is 0 Å². The Kier molecular flexibility index (Phi) is 3.42. The molecule has 96 valence electrons. The Bertz CT molecular complexity index is 440. The van der Waals surface area contributed by atoms with Crippen molar-refractivity contribution in [2.45, 2.75) is 32.2 Å². The summed E-state index contributed by atoms with van der Waals surface area (Å²) < 4.78 is 1.07. The Morgan fingerprint density at radius 1 is 1.22 bits per heavy atom. The van der Waals surface area contributed by atoms with Gasteiger partial charge < -0.3 is 5.32 Å². The highest BCUT2D eigenvalue weighted by Gasteiger charge is 2.45. The van der Waals surface area contributed by atoms with E-state index in [-0.39, 0.29) is 5.91 Å². The van der Waals surface area contributed by atoms with Crippen LogP contribution in [0.4, 0.5) is 0 Å². The third kappa shape index (κ3) is 2.77. The fourth-order valence-corrected chi connectivity index (χ4v) is 3.09. The van der Waals surface area contributed by atoms with Crippen molar-refractivity contribution in [3.05, 3.63) is 34.3 Å². The van der Waals surface area contributed by atoms with Gasteiger partial charge in [0, 0.05) is 16.9 Å². The van der Waals surface area contributed by atoms with E-state index in [0.717, 1.165) is 10.0 Å². The average molecular weight is 308 g/mol. The molecule has 0 aromatic heterocycles. The van der Waals surface area contributed by atoms with Crippen molar-refractivity contribution in [3.63, 3.8) is 0 Å².